The van der Waals surface area contributed by atoms with E-state index in [9.17, 15) is 4.39 Å². The lowest BCUT2D eigenvalue weighted by molar-refractivity contribution is 0.305. The zero-order chi connectivity index (χ0) is 20.3. The van der Waals surface area contributed by atoms with Crippen molar-refractivity contribution < 1.29 is 9.13 Å². The summed E-state index contributed by atoms with van der Waals surface area (Å²) in [5.74, 6) is 1.26. The molecule has 0 saturated carbocycles. The summed E-state index contributed by atoms with van der Waals surface area (Å²) in [5.41, 5.74) is 1.92. The summed E-state index contributed by atoms with van der Waals surface area (Å²) >= 11 is 0. The molecule has 0 unspecified atom stereocenters. The third kappa shape index (κ3) is 8.02. The summed E-state index contributed by atoms with van der Waals surface area (Å²) in [6, 6.07) is 16.2. The monoisotopic (exact) mass is 523 g/mol. The van der Waals surface area contributed by atoms with Gasteiger partial charge < -0.3 is 15.4 Å². The van der Waals surface area contributed by atoms with Crippen molar-refractivity contribution in [2.24, 2.45) is 4.99 Å². The van der Waals surface area contributed by atoms with Crippen molar-refractivity contribution in [3.63, 3.8) is 0 Å². The Labute approximate surface area is 193 Å². The Morgan fingerprint density at radius 3 is 2.63 bits per heavy atom. The molecule has 3 rings (SSSR count). The quantitative estimate of drug-likeness (QED) is 0.193. The van der Waals surface area contributed by atoms with E-state index in [4.69, 9.17) is 4.74 Å². The zero-order valence-corrected chi connectivity index (χ0v) is 19.3. The second kappa shape index (κ2) is 12.8. The fourth-order valence-corrected chi connectivity index (χ4v) is 2.78. The van der Waals surface area contributed by atoms with Crippen molar-refractivity contribution >= 4 is 29.9 Å². The molecule has 160 valence electrons. The first-order chi connectivity index (χ1) is 14.2. The highest BCUT2D eigenvalue weighted by Gasteiger charge is 2.01. The van der Waals surface area contributed by atoms with Gasteiger partial charge in [0.1, 0.15) is 18.2 Å². The average molecular weight is 523 g/mol. The molecule has 0 fully saturated rings. The van der Waals surface area contributed by atoms with Gasteiger partial charge in [0.05, 0.1) is 0 Å². The van der Waals surface area contributed by atoms with Gasteiger partial charge in [0, 0.05) is 39.1 Å². The van der Waals surface area contributed by atoms with E-state index in [1.807, 2.05) is 47.3 Å². The molecule has 6 nitrogen and oxygen atoms in total. The number of hydrogen-bond acceptors (Lipinski definition) is 3. The Bertz CT molecular complexity index is 900. The van der Waals surface area contributed by atoms with E-state index in [0.717, 1.165) is 42.3 Å². The Hall–Kier alpha value is -2.62. The van der Waals surface area contributed by atoms with Crippen LogP contribution in [0.15, 0.2) is 72.0 Å². The largest absolute Gasteiger partial charge is 0.489 e. The second-order valence-electron chi connectivity index (χ2n) is 6.54. The zero-order valence-electron chi connectivity index (χ0n) is 16.9. The first-order valence-electron chi connectivity index (χ1n) is 9.61. The van der Waals surface area contributed by atoms with Crippen LogP contribution in [0, 0.1) is 5.82 Å². The smallest absolute Gasteiger partial charge is 0.191 e. The number of rotatable bonds is 9. The van der Waals surface area contributed by atoms with E-state index >= 15 is 0 Å². The molecule has 0 aliphatic rings. The van der Waals surface area contributed by atoms with Crippen molar-refractivity contribution in [1.82, 2.24) is 20.4 Å². The molecule has 0 bridgehead atoms. The maximum atomic E-state index is 13.2. The van der Waals surface area contributed by atoms with Crippen LogP contribution in [0.2, 0.25) is 0 Å². The van der Waals surface area contributed by atoms with Crippen LogP contribution >= 0.6 is 24.0 Å². The van der Waals surface area contributed by atoms with E-state index in [2.05, 4.69) is 20.7 Å². The average Bonchev–Trinajstić information content (AvgIpc) is 3.26. The SMILES string of the molecule is CN=C(NCCCn1cccn1)NCc1ccc(OCc2cccc(F)c2)cc1.I. The van der Waals surface area contributed by atoms with Gasteiger partial charge in [-0.2, -0.15) is 5.10 Å². The minimum atomic E-state index is -0.254. The van der Waals surface area contributed by atoms with Crippen molar-refractivity contribution in [3.05, 3.63) is 83.9 Å². The lowest BCUT2D eigenvalue weighted by atomic mass is 10.2. The van der Waals surface area contributed by atoms with Crippen molar-refractivity contribution in [2.45, 2.75) is 26.1 Å². The molecule has 2 aromatic carbocycles. The fourth-order valence-electron chi connectivity index (χ4n) is 2.78. The van der Waals surface area contributed by atoms with Gasteiger partial charge in [-0.25, -0.2) is 4.39 Å². The van der Waals surface area contributed by atoms with Crippen LogP contribution < -0.4 is 15.4 Å². The summed E-state index contributed by atoms with van der Waals surface area (Å²) in [5, 5.41) is 10.8. The van der Waals surface area contributed by atoms with Crippen LogP contribution in [0.25, 0.3) is 0 Å². The van der Waals surface area contributed by atoms with Gasteiger partial charge in [0.25, 0.3) is 0 Å². The lowest BCUT2D eigenvalue weighted by Gasteiger charge is -2.12. The molecule has 8 heteroatoms. The topological polar surface area (TPSA) is 63.5 Å². The number of aryl methyl sites for hydroxylation is 1. The molecule has 3 aromatic rings. The van der Waals surface area contributed by atoms with Gasteiger partial charge in [0.15, 0.2) is 5.96 Å². The molecule has 30 heavy (non-hydrogen) atoms. The summed E-state index contributed by atoms with van der Waals surface area (Å²) < 4.78 is 20.8. The molecule has 0 saturated heterocycles. The van der Waals surface area contributed by atoms with Crippen molar-refractivity contribution in [2.75, 3.05) is 13.6 Å². The normalized spacial score (nSPS) is 10.9. The summed E-state index contributed by atoms with van der Waals surface area (Å²) in [6.07, 6.45) is 4.70. The molecule has 0 amide bonds. The van der Waals surface area contributed by atoms with Gasteiger partial charge in [-0.1, -0.05) is 24.3 Å². The molecule has 0 spiro atoms. The third-order valence-electron chi connectivity index (χ3n) is 4.32. The third-order valence-corrected chi connectivity index (χ3v) is 4.32. The number of ether oxygens (including phenoxy) is 1. The fraction of sp³-hybridized carbons (Fsp3) is 0.273. The molecule has 0 radical (unpaired) electrons. The predicted octanol–water partition coefficient (Wildman–Crippen LogP) is 3.97. The Morgan fingerprint density at radius 2 is 1.93 bits per heavy atom. The van der Waals surface area contributed by atoms with E-state index in [-0.39, 0.29) is 29.8 Å². The number of nitrogens with zero attached hydrogens (tertiary/aromatic N) is 3. The molecule has 1 heterocycles. The van der Waals surface area contributed by atoms with Crippen LogP contribution in [0.5, 0.6) is 5.75 Å². The van der Waals surface area contributed by atoms with E-state index in [1.54, 1.807) is 19.3 Å². The van der Waals surface area contributed by atoms with E-state index < -0.39 is 0 Å². The highest BCUT2D eigenvalue weighted by atomic mass is 127. The van der Waals surface area contributed by atoms with Crippen molar-refractivity contribution in [3.8, 4) is 5.75 Å². The standard InChI is InChI=1S/C22H26FN5O.HI/c1-24-22(25-11-3-13-28-14-4-12-27-28)26-16-18-7-9-21(10-8-18)29-17-19-5-2-6-20(23)15-19;/h2,4-10,12,14-15H,3,11,13,16-17H2,1H3,(H2,24,25,26);1H. The highest BCUT2D eigenvalue weighted by molar-refractivity contribution is 14.0. The molecule has 1 aromatic heterocycles. The van der Waals surface area contributed by atoms with E-state index in [1.165, 1.54) is 12.1 Å². The minimum Gasteiger partial charge on any atom is -0.489 e. The molecule has 2 N–H and O–H groups in total. The first kappa shape index (κ1) is 23.7. The van der Waals surface area contributed by atoms with Crippen LogP contribution in [0.3, 0.4) is 0 Å². The minimum absolute atomic E-state index is 0. The van der Waals surface area contributed by atoms with Crippen LogP contribution in [-0.4, -0.2) is 29.3 Å². The Morgan fingerprint density at radius 1 is 1.10 bits per heavy atom. The summed E-state index contributed by atoms with van der Waals surface area (Å²) in [4.78, 5) is 4.24. The van der Waals surface area contributed by atoms with Gasteiger partial charge in [-0.3, -0.25) is 9.67 Å². The Kier molecular flexibility index (Phi) is 10.1. The van der Waals surface area contributed by atoms with Crippen LogP contribution in [0.1, 0.15) is 17.5 Å². The van der Waals surface area contributed by atoms with Gasteiger partial charge >= 0.3 is 0 Å². The number of aromatic nitrogens is 2. The highest BCUT2D eigenvalue weighted by Crippen LogP contribution is 2.14. The lowest BCUT2D eigenvalue weighted by Crippen LogP contribution is -2.37. The number of hydrogen-bond donors (Lipinski definition) is 2. The summed E-state index contributed by atoms with van der Waals surface area (Å²) in [7, 11) is 1.76. The van der Waals surface area contributed by atoms with Crippen molar-refractivity contribution in [1.29, 1.82) is 0 Å². The predicted molar refractivity (Wildman–Crippen MR) is 128 cm³/mol. The second-order valence-corrected chi connectivity index (χ2v) is 6.54. The van der Waals surface area contributed by atoms with E-state index in [0.29, 0.717) is 13.2 Å². The Balaban J connectivity index is 0.00000320. The molecule has 0 aliphatic heterocycles. The number of nitrogens with one attached hydrogen (secondary N) is 2. The number of benzene rings is 2. The van der Waals surface area contributed by atoms with Gasteiger partial charge in [-0.15, -0.1) is 24.0 Å². The molecular formula is C22H27FIN5O. The molecule has 0 aliphatic carbocycles. The van der Waals surface area contributed by atoms with Crippen LogP contribution in [0.4, 0.5) is 4.39 Å². The van der Waals surface area contributed by atoms with Gasteiger partial charge in [-0.05, 0) is 47.9 Å². The maximum absolute atomic E-state index is 13.2. The summed E-state index contributed by atoms with van der Waals surface area (Å²) in [6.45, 7) is 2.67. The number of guanidine groups is 1. The van der Waals surface area contributed by atoms with Crippen LogP contribution in [-0.2, 0) is 19.7 Å². The number of aliphatic imine (C=N–C) groups is 1. The number of halogens is 2. The first-order valence-corrected chi connectivity index (χ1v) is 9.61. The maximum Gasteiger partial charge on any atom is 0.191 e. The molecular weight excluding hydrogens is 496 g/mol. The molecule has 0 atom stereocenters. The van der Waals surface area contributed by atoms with Gasteiger partial charge in [0.2, 0.25) is 0 Å².